The van der Waals surface area contributed by atoms with Crippen molar-refractivity contribution in [3.8, 4) is 11.1 Å². The number of fused-ring (bicyclic) bond motifs is 49. The van der Waals surface area contributed by atoms with E-state index in [0.717, 1.165) is 213 Å². The highest BCUT2D eigenvalue weighted by atomic mass is 14.7. The lowest BCUT2D eigenvalue weighted by atomic mass is 9.61. The van der Waals surface area contributed by atoms with Crippen molar-refractivity contribution in [3.63, 3.8) is 0 Å². The van der Waals surface area contributed by atoms with Gasteiger partial charge in [0.2, 0.25) is 0 Å². The third kappa shape index (κ3) is 10.6. The van der Waals surface area contributed by atoms with Crippen molar-refractivity contribution >= 4 is 43.1 Å². The molecule has 0 aromatic heterocycles. The summed E-state index contributed by atoms with van der Waals surface area (Å²) < 4.78 is 0. The van der Waals surface area contributed by atoms with Crippen LogP contribution >= 0.6 is 0 Å². The van der Waals surface area contributed by atoms with Crippen molar-refractivity contribution in [2.24, 2.45) is 178 Å². The van der Waals surface area contributed by atoms with Crippen molar-refractivity contribution in [2.75, 3.05) is 0 Å². The van der Waals surface area contributed by atoms with E-state index in [1.807, 2.05) is 0 Å². The fraction of sp³-hybridized carbons (Fsp3) is 0.424. The maximum absolute atomic E-state index is 2.57. The third-order valence-corrected chi connectivity index (χ3v) is 38.9. The van der Waals surface area contributed by atoms with Crippen molar-refractivity contribution in [1.29, 1.82) is 0 Å². The summed E-state index contributed by atoms with van der Waals surface area (Å²) in [5.74, 6) is 33.6. The van der Waals surface area contributed by atoms with Gasteiger partial charge < -0.3 is 0 Å². The normalized spacial score (nSPS) is 42.4. The Kier molecular flexibility index (Phi) is 16.2. The molecule has 11 aromatic rings. The highest BCUT2D eigenvalue weighted by Gasteiger charge is 2.67. The lowest BCUT2D eigenvalue weighted by Crippen LogP contribution is -2.34. The second-order valence-corrected chi connectivity index (χ2v) is 42.9. The van der Waals surface area contributed by atoms with Crippen LogP contribution in [0.25, 0.3) is 54.2 Å². The van der Waals surface area contributed by atoms with Crippen LogP contribution in [0.1, 0.15) is 159 Å². The zero-order valence-corrected chi connectivity index (χ0v) is 68.7. The van der Waals surface area contributed by atoms with Crippen LogP contribution in [-0.2, 0) is 0 Å². The smallest absolute Gasteiger partial charge is 0.00589 e. The van der Waals surface area contributed by atoms with Crippen LogP contribution < -0.4 is 0 Å². The molecule has 11 aromatic carbocycles. The number of benzene rings is 11. The van der Waals surface area contributed by atoms with Crippen LogP contribution in [0.5, 0.6) is 0 Å². The Hall–Kier alpha value is -8.84. The zero-order valence-electron chi connectivity index (χ0n) is 68.7. The van der Waals surface area contributed by atoms with E-state index in [1.54, 1.807) is 33.4 Å². The Morgan fingerprint density at radius 2 is 0.517 bits per heavy atom. The molecular formula is C118H116. The predicted molar refractivity (Wildman–Crippen MR) is 486 cm³/mol. The first-order valence-corrected chi connectivity index (χ1v) is 48.0. The Morgan fingerprint density at radius 1 is 0.178 bits per heavy atom. The molecule has 0 N–H and O–H groups in total. The Bertz CT molecular complexity index is 5740. The fourth-order valence-corrected chi connectivity index (χ4v) is 35.8. The van der Waals surface area contributed by atoms with Crippen LogP contribution in [0.15, 0.2) is 316 Å². The van der Waals surface area contributed by atoms with Crippen LogP contribution in [-0.4, -0.2) is 0 Å². The number of hydrogen-bond donors (Lipinski definition) is 0. The monoisotopic (exact) mass is 1530 g/mol. The van der Waals surface area contributed by atoms with Gasteiger partial charge in [-0.1, -0.05) is 309 Å². The molecule has 0 radical (unpaired) electrons. The Balaban J connectivity index is 0.0000000785. The molecule has 0 amide bonds. The maximum Gasteiger partial charge on any atom is -0.00589 e. The van der Waals surface area contributed by atoms with Crippen LogP contribution in [0.4, 0.5) is 0 Å². The Morgan fingerprint density at radius 3 is 1.00 bits per heavy atom. The molecule has 15 saturated carbocycles. The molecule has 36 unspecified atom stereocenters. The molecule has 0 aliphatic heterocycles. The van der Waals surface area contributed by atoms with Crippen molar-refractivity contribution in [1.82, 2.24) is 0 Å². The summed E-state index contributed by atoms with van der Waals surface area (Å²) >= 11 is 0. The van der Waals surface area contributed by atoms with Gasteiger partial charge in [0.1, 0.15) is 0 Å². The van der Waals surface area contributed by atoms with Gasteiger partial charge in [-0.2, -0.15) is 0 Å². The average Bonchev–Trinajstić information content (AvgIpc) is 1.58. The van der Waals surface area contributed by atoms with Gasteiger partial charge >= 0.3 is 0 Å². The summed E-state index contributed by atoms with van der Waals surface area (Å²) in [6.07, 6.45) is 46.2. The molecule has 0 spiro atoms. The van der Waals surface area contributed by atoms with E-state index in [-0.39, 0.29) is 0 Å². The highest BCUT2D eigenvalue weighted by molar-refractivity contribution is 6.03. The fourth-order valence-electron chi connectivity index (χ4n) is 35.8. The summed E-state index contributed by atoms with van der Waals surface area (Å²) in [4.78, 5) is 0. The molecular weight excluding hydrogens is 1420 g/mol. The summed E-state index contributed by atoms with van der Waals surface area (Å²) in [5.41, 5.74) is 12.4. The van der Waals surface area contributed by atoms with Gasteiger partial charge in [0.15, 0.2) is 0 Å². The van der Waals surface area contributed by atoms with Crippen molar-refractivity contribution in [2.45, 2.75) is 125 Å². The number of rotatable bonds is 7. The topological polar surface area (TPSA) is 0 Å². The summed E-state index contributed by atoms with van der Waals surface area (Å²) in [6, 6.07) is 95.8. The van der Waals surface area contributed by atoms with Gasteiger partial charge in [-0.15, -0.1) is 0 Å². The molecule has 0 heteroatoms. The lowest BCUT2D eigenvalue weighted by Gasteiger charge is -2.42. The summed E-state index contributed by atoms with van der Waals surface area (Å²) in [5, 5.41) is 11.6. The number of hydrogen-bond acceptors (Lipinski definition) is 0. The van der Waals surface area contributed by atoms with E-state index in [2.05, 4.69) is 316 Å². The van der Waals surface area contributed by atoms with E-state index < -0.39 is 0 Å². The minimum atomic E-state index is 0.729. The Labute approximate surface area is 701 Å². The van der Waals surface area contributed by atoms with Gasteiger partial charge in [-0.3, -0.25) is 0 Å². The van der Waals surface area contributed by atoms with Crippen LogP contribution in [0.2, 0.25) is 0 Å². The minimum Gasteiger partial charge on any atom is -0.0848 e. The predicted octanol–water partition coefficient (Wildman–Crippen LogP) is 28.9. The van der Waals surface area contributed by atoms with Gasteiger partial charge in [0.25, 0.3) is 0 Å². The molecule has 0 nitrogen and oxygen atoms in total. The molecule has 0 heterocycles. The first kappa shape index (κ1) is 69.9. The molecule has 588 valence electrons. The summed E-state index contributed by atoms with van der Waals surface area (Å²) in [6.45, 7) is 0. The van der Waals surface area contributed by atoms with Gasteiger partial charge in [0, 0.05) is 0 Å². The third-order valence-electron chi connectivity index (χ3n) is 38.9. The SMILES string of the molecule is C1=CC2CC1C1C3CC(C(c4ccccc4)C3c3ccccc3)C21.C1=CC2CC1C1C3CC(c4c5ccccc5cc5ccccc45)C(C3)C21.C1=CC2CC1C1C3CC(c4ccc(-c5ccccc5)cc4)C(C3)C21.C1=CC2CC1C1C3CC(c4ccc5ccccc5c4)C(C3)C21.C1=CC2CC1C1C3CC(c4cccc5ccccc45)C(C3)C21. The van der Waals surface area contributed by atoms with E-state index in [0.29, 0.717) is 0 Å². The van der Waals surface area contributed by atoms with E-state index in [9.17, 15) is 0 Å². The standard InChI is InChI=1S/C26H24.2C24H24.2C22H22/c1-3-7-20-15(5-1)11-16-6-2-4-8-21(16)26(20)23-14-19-13-22(23)25-18-10-9-17(12-18)24(19)25;1-3-7-15(8-4-1)21-19-14-20(22(21)16-9-5-2-6-10-16)24-18-12-11-17(13-18)23(19)24;1-2-4-15(5-3-1)16-6-8-17(9-7-16)21-13-20-14-22(21)24-19-11-10-18(12-19)23(20)24;1-2-6-17-13(4-1)5-3-7-18(17)19-11-16-12-20(19)22-15-9-8-14(10-15)21(16)22;1-2-4-14-9-15(6-5-13(14)3-1)19-11-18-12-20(19)22-17-8-7-16(10-17)21(18)22/h1-11,17-19,22-25H,12-14H2;1-12,17-24H,13-14H2;1-11,18-24H,12-14H2;1-9,14-16,19-22H,10-12H2;1-9,16-22H,10-12H2. The molecule has 0 saturated heterocycles. The zero-order chi connectivity index (χ0) is 76.7. The van der Waals surface area contributed by atoms with Gasteiger partial charge in [-0.25, -0.2) is 0 Å². The first-order chi connectivity index (χ1) is 58.5. The second-order valence-electron chi connectivity index (χ2n) is 42.9. The summed E-state index contributed by atoms with van der Waals surface area (Å²) in [7, 11) is 0. The van der Waals surface area contributed by atoms with E-state index in [4.69, 9.17) is 0 Å². The first-order valence-electron chi connectivity index (χ1n) is 48.0. The average molecular weight is 1530 g/mol. The van der Waals surface area contributed by atoms with Gasteiger partial charge in [-0.05, 0) is 397 Å². The van der Waals surface area contributed by atoms with Crippen molar-refractivity contribution in [3.05, 3.63) is 349 Å². The molecule has 31 rings (SSSR count). The lowest BCUT2D eigenvalue weighted by molar-refractivity contribution is 0.162. The molecule has 20 aliphatic rings. The second kappa shape index (κ2) is 27.3. The quantitative estimate of drug-likeness (QED) is 0.0848. The van der Waals surface area contributed by atoms with E-state index >= 15 is 0 Å². The molecule has 118 heavy (non-hydrogen) atoms. The maximum atomic E-state index is 2.57. The molecule has 36 atom stereocenters. The van der Waals surface area contributed by atoms with Crippen LogP contribution in [0.3, 0.4) is 0 Å². The molecule has 15 fully saturated rings. The van der Waals surface area contributed by atoms with E-state index in [1.165, 1.54) is 144 Å². The van der Waals surface area contributed by atoms with Crippen molar-refractivity contribution < 1.29 is 0 Å². The number of allylic oxidation sites excluding steroid dienone is 10. The highest BCUT2D eigenvalue weighted by Crippen LogP contribution is 2.76. The molecule has 20 aliphatic carbocycles. The largest absolute Gasteiger partial charge is 0.0848 e. The molecule has 20 bridgehead atoms. The van der Waals surface area contributed by atoms with Crippen LogP contribution in [0, 0.1) is 178 Å². The van der Waals surface area contributed by atoms with Gasteiger partial charge in [0.05, 0.1) is 0 Å². The minimum absolute atomic E-state index is 0.729.